The third kappa shape index (κ3) is 3.41. The maximum absolute atomic E-state index is 15.0. The van der Waals surface area contributed by atoms with E-state index in [0.717, 1.165) is 25.7 Å². The normalized spacial score (nSPS) is 19.3. The predicted octanol–water partition coefficient (Wildman–Crippen LogP) is 7.82. The van der Waals surface area contributed by atoms with Gasteiger partial charge in [0.15, 0.2) is 0 Å². The van der Waals surface area contributed by atoms with Crippen LogP contribution in [0.1, 0.15) is 70.5 Å². The van der Waals surface area contributed by atoms with Gasteiger partial charge in [0.1, 0.15) is 10.6 Å². The summed E-state index contributed by atoms with van der Waals surface area (Å²) >= 11 is 1.20. The monoisotopic (exact) mass is 424 g/mol. The number of pyridine rings is 2. The molecule has 30 heavy (non-hydrogen) atoms. The molecule has 3 heterocycles. The molecule has 5 rings (SSSR count). The molecule has 1 aliphatic rings. The highest BCUT2D eigenvalue weighted by Gasteiger charge is 2.21. The van der Waals surface area contributed by atoms with Gasteiger partial charge in [-0.2, -0.15) is 0 Å². The van der Waals surface area contributed by atoms with Gasteiger partial charge in [-0.05, 0) is 66.5 Å². The molecule has 1 saturated carbocycles. The van der Waals surface area contributed by atoms with E-state index in [1.54, 1.807) is 38.2 Å². The Morgan fingerprint density at radius 3 is 2.87 bits per heavy atom. The van der Waals surface area contributed by atoms with Crippen molar-refractivity contribution in [3.63, 3.8) is 0 Å². The fourth-order valence-electron chi connectivity index (χ4n) is 4.33. The zero-order valence-corrected chi connectivity index (χ0v) is 17.9. The van der Waals surface area contributed by atoms with Crippen LogP contribution in [0.4, 0.5) is 4.39 Å². The first-order chi connectivity index (χ1) is 16.8. The number of benzene rings is 1. The van der Waals surface area contributed by atoms with E-state index in [0.29, 0.717) is 42.7 Å². The number of thiophene rings is 1. The van der Waals surface area contributed by atoms with Crippen LogP contribution in [0.2, 0.25) is 0 Å². The van der Waals surface area contributed by atoms with Gasteiger partial charge < -0.3 is 0 Å². The van der Waals surface area contributed by atoms with Crippen LogP contribution >= 0.6 is 11.3 Å². The van der Waals surface area contributed by atoms with Crippen molar-refractivity contribution in [3.8, 4) is 11.3 Å². The van der Waals surface area contributed by atoms with Crippen molar-refractivity contribution in [2.45, 2.75) is 58.6 Å². The number of rotatable bonds is 4. The standard InChI is InChI=1S/C26H27FN2S/c1-15(2)21-14-28-23(13-18(21)12-17-6-4-5-7-17)19-10-11-22(27)24-20-9-8-16(3)29-26(20)30-25(19)24/h8-11,13-15,17H,4-7,12H2,1-3H3/i3D3,12D2,15D. The van der Waals surface area contributed by atoms with Gasteiger partial charge >= 0.3 is 0 Å². The van der Waals surface area contributed by atoms with Crippen molar-refractivity contribution in [1.29, 1.82) is 0 Å². The molecule has 0 bridgehead atoms. The van der Waals surface area contributed by atoms with Gasteiger partial charge in [0.25, 0.3) is 0 Å². The van der Waals surface area contributed by atoms with Crippen molar-refractivity contribution in [3.05, 3.63) is 59.2 Å². The van der Waals surface area contributed by atoms with Gasteiger partial charge in [-0.25, -0.2) is 9.37 Å². The van der Waals surface area contributed by atoms with E-state index in [4.69, 9.17) is 8.22 Å². The van der Waals surface area contributed by atoms with Crippen molar-refractivity contribution in [2.24, 2.45) is 5.92 Å². The molecular formula is C26H27FN2S. The van der Waals surface area contributed by atoms with Gasteiger partial charge in [-0.15, -0.1) is 11.3 Å². The molecule has 1 fully saturated rings. The summed E-state index contributed by atoms with van der Waals surface area (Å²) in [6, 6.07) is 7.71. The zero-order chi connectivity index (χ0) is 26.0. The molecule has 2 nitrogen and oxygen atoms in total. The third-order valence-corrected chi connectivity index (χ3v) is 7.00. The molecule has 0 unspecified atom stereocenters. The summed E-state index contributed by atoms with van der Waals surface area (Å²) in [4.78, 5) is 9.34. The summed E-state index contributed by atoms with van der Waals surface area (Å²) in [5.74, 6) is -1.61. The summed E-state index contributed by atoms with van der Waals surface area (Å²) in [5.41, 5.74) is 2.08. The van der Waals surface area contributed by atoms with Gasteiger partial charge in [-0.3, -0.25) is 4.98 Å². The van der Waals surface area contributed by atoms with E-state index in [1.807, 2.05) is 0 Å². The Kier molecular flexibility index (Phi) is 3.58. The molecule has 4 heteroatoms. The van der Waals surface area contributed by atoms with Crippen LogP contribution in [0.3, 0.4) is 0 Å². The molecule has 0 saturated heterocycles. The Hall–Kier alpha value is -2.33. The number of halogens is 1. The van der Waals surface area contributed by atoms with Crippen molar-refractivity contribution in [1.82, 2.24) is 9.97 Å². The summed E-state index contributed by atoms with van der Waals surface area (Å²) < 4.78 is 65.3. The van der Waals surface area contributed by atoms with Gasteiger partial charge in [0, 0.05) is 41.2 Å². The van der Waals surface area contributed by atoms with Gasteiger partial charge in [0.05, 0.1) is 5.69 Å². The molecule has 4 aromatic rings. The molecule has 1 aliphatic carbocycles. The van der Waals surface area contributed by atoms with Crippen LogP contribution < -0.4 is 0 Å². The molecule has 0 amide bonds. The summed E-state index contributed by atoms with van der Waals surface area (Å²) in [6.07, 6.45) is 3.55. The lowest BCUT2D eigenvalue weighted by molar-refractivity contribution is 0.542. The van der Waals surface area contributed by atoms with E-state index < -0.39 is 24.9 Å². The van der Waals surface area contributed by atoms with E-state index >= 15 is 4.39 Å². The largest absolute Gasteiger partial charge is 0.256 e. The molecule has 0 atom stereocenters. The first kappa shape index (κ1) is 13.9. The summed E-state index contributed by atoms with van der Waals surface area (Å²) in [5, 5.41) is 0.886. The molecule has 0 N–H and O–H groups in total. The molecule has 154 valence electrons. The zero-order valence-electron chi connectivity index (χ0n) is 23.1. The van der Waals surface area contributed by atoms with Crippen LogP contribution in [-0.2, 0) is 6.37 Å². The number of hydrogen-bond acceptors (Lipinski definition) is 3. The highest BCUT2D eigenvalue weighted by molar-refractivity contribution is 7.26. The van der Waals surface area contributed by atoms with Crippen molar-refractivity contribution in [2.75, 3.05) is 0 Å². The van der Waals surface area contributed by atoms with E-state index in [1.165, 1.54) is 23.5 Å². The Bertz CT molecular complexity index is 1470. The second kappa shape index (κ2) is 7.73. The topological polar surface area (TPSA) is 25.8 Å². The first-order valence-corrected chi connectivity index (χ1v) is 11.1. The highest BCUT2D eigenvalue weighted by Crippen LogP contribution is 2.41. The Morgan fingerprint density at radius 1 is 1.27 bits per heavy atom. The number of nitrogens with zero attached hydrogens (tertiary/aromatic N) is 2. The van der Waals surface area contributed by atoms with Crippen molar-refractivity contribution >= 4 is 31.6 Å². The second-order valence-electron chi connectivity index (χ2n) is 8.19. The van der Waals surface area contributed by atoms with Crippen LogP contribution in [0, 0.1) is 18.6 Å². The number of aromatic nitrogens is 2. The van der Waals surface area contributed by atoms with Crippen LogP contribution in [0.25, 0.3) is 31.6 Å². The predicted molar refractivity (Wildman–Crippen MR) is 125 cm³/mol. The van der Waals surface area contributed by atoms with Crippen LogP contribution in [0.5, 0.6) is 0 Å². The SMILES string of the molecule is [2H]C([2H])([2H])c1ccc2c(n1)sc1c(-c3cc(C([2H])([2H])C4CCCC4)c(C([2H])(C)C)cn3)ccc(F)c12. The summed E-state index contributed by atoms with van der Waals surface area (Å²) in [6.45, 7) is 1.09. The third-order valence-electron chi connectivity index (χ3n) is 5.87. The molecule has 1 aromatic carbocycles. The van der Waals surface area contributed by atoms with E-state index in [2.05, 4.69) is 9.97 Å². The smallest absolute Gasteiger partial charge is 0.132 e. The fraction of sp³-hybridized carbons (Fsp3) is 0.385. The van der Waals surface area contributed by atoms with Crippen LogP contribution in [-0.4, -0.2) is 9.97 Å². The Balaban J connectivity index is 1.74. The number of aryl methyl sites for hydroxylation is 1. The van der Waals surface area contributed by atoms with E-state index in [9.17, 15) is 0 Å². The quantitative estimate of drug-likeness (QED) is 0.334. The lowest BCUT2D eigenvalue weighted by Gasteiger charge is -2.17. The fourth-order valence-corrected chi connectivity index (χ4v) is 5.54. The average Bonchev–Trinajstić information content (AvgIpc) is 3.46. The minimum absolute atomic E-state index is 0.0456. The average molecular weight is 425 g/mol. The van der Waals surface area contributed by atoms with Crippen molar-refractivity contribution < 1.29 is 12.6 Å². The molecule has 0 aliphatic heterocycles. The number of fused-ring (bicyclic) bond motifs is 3. The Morgan fingerprint density at radius 2 is 2.10 bits per heavy atom. The maximum atomic E-state index is 15.0. The van der Waals surface area contributed by atoms with E-state index in [-0.39, 0.29) is 11.6 Å². The highest BCUT2D eigenvalue weighted by atomic mass is 32.1. The van der Waals surface area contributed by atoms with Gasteiger partial charge in [0.2, 0.25) is 0 Å². The molecule has 3 aromatic heterocycles. The number of hydrogen-bond donors (Lipinski definition) is 0. The lowest BCUT2D eigenvalue weighted by atomic mass is 9.90. The molecule has 0 radical (unpaired) electrons. The summed E-state index contributed by atoms with van der Waals surface area (Å²) in [7, 11) is 0. The molecule has 0 spiro atoms. The molecular weight excluding hydrogens is 391 g/mol. The van der Waals surface area contributed by atoms with Crippen LogP contribution in [0.15, 0.2) is 36.5 Å². The minimum atomic E-state index is -2.37. The minimum Gasteiger partial charge on any atom is -0.256 e. The van der Waals surface area contributed by atoms with Gasteiger partial charge in [-0.1, -0.05) is 39.5 Å². The Labute approximate surface area is 189 Å². The maximum Gasteiger partial charge on any atom is 0.132 e. The second-order valence-corrected chi connectivity index (χ2v) is 9.19. The lowest BCUT2D eigenvalue weighted by Crippen LogP contribution is -2.05. The first-order valence-electron chi connectivity index (χ1n) is 13.3.